The van der Waals surface area contributed by atoms with Gasteiger partial charge in [-0.2, -0.15) is 0 Å². The van der Waals surface area contributed by atoms with E-state index in [0.29, 0.717) is 0 Å². The average molecular weight is 565 g/mol. The molecular weight excluding hydrogens is 532 g/mol. The average Bonchev–Trinajstić information content (AvgIpc) is 3.23. The maximum absolute atomic E-state index is 13.0. The first-order valence-electron chi connectivity index (χ1n) is 12.6. The van der Waals surface area contributed by atoms with Gasteiger partial charge in [-0.05, 0) is 66.0 Å². The van der Waals surface area contributed by atoms with Crippen LogP contribution < -0.4 is 5.32 Å². The smallest absolute Gasteiger partial charge is 0.407 e. The number of fused-ring (bicyclic) bond motifs is 3. The Balaban J connectivity index is 1.39. The van der Waals surface area contributed by atoms with Crippen LogP contribution in [0.25, 0.3) is 11.1 Å². The van der Waals surface area contributed by atoms with E-state index < -0.39 is 22.2 Å². The van der Waals surface area contributed by atoms with Crippen molar-refractivity contribution >= 4 is 33.4 Å². The third-order valence-corrected chi connectivity index (χ3v) is 8.92. The van der Waals surface area contributed by atoms with Crippen LogP contribution in [0.1, 0.15) is 36.5 Å². The lowest BCUT2D eigenvalue weighted by Gasteiger charge is -2.26. The summed E-state index contributed by atoms with van der Waals surface area (Å²) < 4.78 is 38.2. The molecule has 3 aromatic carbocycles. The molecule has 0 aliphatic heterocycles. The van der Waals surface area contributed by atoms with Gasteiger partial charge in [-0.25, -0.2) is 17.5 Å². The predicted octanol–water partition coefficient (Wildman–Crippen LogP) is 5.99. The summed E-state index contributed by atoms with van der Waals surface area (Å²) in [4.78, 5) is 13.0. The van der Waals surface area contributed by atoms with E-state index in [1.54, 1.807) is 12.1 Å². The Bertz CT molecular complexity index is 1450. The standard InChI is InChI=1S/C30H32N2O5S2/c1-19(2)28(29(38)37-21(4)32(5)39(34,35)22-16-14-20(3)15-17-22)31-30(33)36-18-27-25-12-8-6-10-23(25)24-11-7-9-13-26(24)27/h6-17,19,27-28H,4,18H2,1-3,5H3,(H,31,33)/t28-/m0/s1. The normalized spacial score (nSPS) is 13.3. The molecule has 0 aromatic heterocycles. The van der Waals surface area contributed by atoms with Gasteiger partial charge in [0.1, 0.15) is 12.6 Å². The zero-order chi connectivity index (χ0) is 28.3. The van der Waals surface area contributed by atoms with Crippen molar-refractivity contribution in [2.75, 3.05) is 13.7 Å². The number of benzene rings is 3. The molecule has 204 valence electrons. The maximum Gasteiger partial charge on any atom is 0.407 e. The molecule has 0 saturated heterocycles. The quantitative estimate of drug-likeness (QED) is 0.254. The van der Waals surface area contributed by atoms with Crippen LogP contribution in [0.4, 0.5) is 4.79 Å². The van der Waals surface area contributed by atoms with Crippen LogP contribution in [0.15, 0.2) is 90.2 Å². The first-order chi connectivity index (χ1) is 18.5. The Morgan fingerprint density at radius 2 is 1.54 bits per heavy atom. The maximum atomic E-state index is 13.0. The first kappa shape index (κ1) is 28.3. The van der Waals surface area contributed by atoms with E-state index in [-0.39, 0.29) is 34.3 Å². The Labute approximate surface area is 235 Å². The zero-order valence-electron chi connectivity index (χ0n) is 22.4. The molecule has 0 spiro atoms. The molecule has 0 heterocycles. The van der Waals surface area contributed by atoms with Crippen molar-refractivity contribution < 1.29 is 22.7 Å². The Morgan fingerprint density at radius 1 is 1.00 bits per heavy atom. The highest BCUT2D eigenvalue weighted by Crippen LogP contribution is 2.44. The fourth-order valence-corrected chi connectivity index (χ4v) is 6.04. The summed E-state index contributed by atoms with van der Waals surface area (Å²) in [6, 6.07) is 21.9. The highest BCUT2D eigenvalue weighted by atomic mass is 32.2. The van der Waals surface area contributed by atoms with Crippen LogP contribution in [0.2, 0.25) is 0 Å². The van der Waals surface area contributed by atoms with Crippen molar-refractivity contribution in [1.29, 1.82) is 0 Å². The van der Waals surface area contributed by atoms with E-state index in [4.69, 9.17) is 21.7 Å². The number of sulfonamides is 1. The van der Waals surface area contributed by atoms with E-state index >= 15 is 0 Å². The van der Waals surface area contributed by atoms with E-state index in [0.717, 1.165) is 32.1 Å². The summed E-state index contributed by atoms with van der Waals surface area (Å²) in [7, 11) is -2.56. The molecule has 3 aromatic rings. The summed E-state index contributed by atoms with van der Waals surface area (Å²) >= 11 is 5.44. The number of aryl methyl sites for hydroxylation is 1. The van der Waals surface area contributed by atoms with Gasteiger partial charge in [-0.1, -0.05) is 80.1 Å². The van der Waals surface area contributed by atoms with Gasteiger partial charge in [-0.3, -0.25) is 0 Å². The summed E-state index contributed by atoms with van der Waals surface area (Å²) in [6.07, 6.45) is -0.646. The minimum Gasteiger partial charge on any atom is -0.449 e. The second-order valence-electron chi connectivity index (χ2n) is 9.79. The SMILES string of the molecule is C=C(OC(=S)[C@@H](NC(=O)OCC1c2ccccc2-c2ccccc21)C(C)C)N(C)S(=O)(=O)c1ccc(C)cc1. The molecule has 4 rings (SSSR count). The van der Waals surface area contributed by atoms with Crippen LogP contribution in [-0.4, -0.2) is 43.6 Å². The van der Waals surface area contributed by atoms with Crippen molar-refractivity contribution in [2.45, 2.75) is 37.6 Å². The number of amides is 1. The number of ether oxygens (including phenoxy) is 2. The fourth-order valence-electron chi connectivity index (χ4n) is 4.51. The lowest BCUT2D eigenvalue weighted by Crippen LogP contribution is -2.45. The second kappa shape index (κ2) is 11.6. The summed E-state index contributed by atoms with van der Waals surface area (Å²) in [5.41, 5.74) is 5.44. The van der Waals surface area contributed by atoms with E-state index in [2.05, 4.69) is 24.0 Å². The van der Waals surface area contributed by atoms with Crippen molar-refractivity contribution in [2.24, 2.45) is 5.92 Å². The van der Waals surface area contributed by atoms with Gasteiger partial charge in [0, 0.05) is 13.0 Å². The number of carbonyl (C=O) groups excluding carboxylic acids is 1. The number of hydrogen-bond acceptors (Lipinski definition) is 6. The van der Waals surface area contributed by atoms with Gasteiger partial charge in [0.2, 0.25) is 5.88 Å². The largest absolute Gasteiger partial charge is 0.449 e. The predicted molar refractivity (Wildman–Crippen MR) is 156 cm³/mol. The molecular formula is C30H32N2O5S2. The molecule has 0 saturated carbocycles. The van der Waals surface area contributed by atoms with Crippen molar-refractivity contribution in [3.05, 3.63) is 102 Å². The number of nitrogens with one attached hydrogen (secondary N) is 1. The molecule has 0 fully saturated rings. The first-order valence-corrected chi connectivity index (χ1v) is 14.4. The molecule has 9 heteroatoms. The van der Waals surface area contributed by atoms with Crippen LogP contribution >= 0.6 is 12.2 Å². The summed E-state index contributed by atoms with van der Waals surface area (Å²) in [5, 5.41) is 2.75. The zero-order valence-corrected chi connectivity index (χ0v) is 24.0. The van der Waals surface area contributed by atoms with Crippen LogP contribution in [-0.2, 0) is 19.5 Å². The van der Waals surface area contributed by atoms with Crippen molar-refractivity contribution in [3.63, 3.8) is 0 Å². The van der Waals surface area contributed by atoms with Crippen molar-refractivity contribution in [3.8, 4) is 11.1 Å². The van der Waals surface area contributed by atoms with E-state index in [1.807, 2.05) is 57.2 Å². The minimum atomic E-state index is -3.90. The van der Waals surface area contributed by atoms with Crippen LogP contribution in [0.3, 0.4) is 0 Å². The molecule has 1 N–H and O–H groups in total. The molecule has 1 aliphatic rings. The molecule has 7 nitrogen and oxygen atoms in total. The number of rotatable bonds is 9. The minimum absolute atomic E-state index is 0.0190. The third kappa shape index (κ3) is 5.99. The van der Waals surface area contributed by atoms with Gasteiger partial charge >= 0.3 is 6.09 Å². The molecule has 39 heavy (non-hydrogen) atoms. The number of nitrogens with zero attached hydrogens (tertiary/aromatic N) is 1. The molecule has 0 bridgehead atoms. The summed E-state index contributed by atoms with van der Waals surface area (Å²) in [5.74, 6) is -0.422. The lowest BCUT2D eigenvalue weighted by molar-refractivity contribution is 0.138. The van der Waals surface area contributed by atoms with Gasteiger partial charge < -0.3 is 14.8 Å². The fraction of sp³-hybridized carbons (Fsp3) is 0.267. The molecule has 0 radical (unpaired) electrons. The molecule has 1 atom stereocenters. The Hall–Kier alpha value is -3.69. The van der Waals surface area contributed by atoms with Gasteiger partial charge in [0.25, 0.3) is 10.0 Å². The molecule has 1 amide bonds. The highest BCUT2D eigenvalue weighted by molar-refractivity contribution is 7.89. The second-order valence-corrected chi connectivity index (χ2v) is 12.2. The molecule has 0 unspecified atom stereocenters. The van der Waals surface area contributed by atoms with Crippen LogP contribution in [0.5, 0.6) is 0 Å². The summed E-state index contributed by atoms with van der Waals surface area (Å²) in [6.45, 7) is 9.50. The monoisotopic (exact) mass is 564 g/mol. The van der Waals surface area contributed by atoms with Crippen molar-refractivity contribution in [1.82, 2.24) is 9.62 Å². The van der Waals surface area contributed by atoms with E-state index in [9.17, 15) is 13.2 Å². The van der Waals surface area contributed by atoms with Gasteiger partial charge in [0.15, 0.2) is 5.05 Å². The van der Waals surface area contributed by atoms with E-state index in [1.165, 1.54) is 19.2 Å². The number of alkyl carbamates (subject to hydrolysis) is 1. The molecule has 1 aliphatic carbocycles. The number of hydrogen-bond donors (Lipinski definition) is 1. The van der Waals surface area contributed by atoms with Gasteiger partial charge in [-0.15, -0.1) is 0 Å². The number of thiocarbonyl (C=S) groups is 1. The van der Waals surface area contributed by atoms with Crippen LogP contribution in [0, 0.1) is 12.8 Å². The Morgan fingerprint density at radius 3 is 2.08 bits per heavy atom. The Kier molecular flexibility index (Phi) is 8.42. The highest BCUT2D eigenvalue weighted by Gasteiger charge is 2.31. The lowest BCUT2D eigenvalue weighted by atomic mass is 9.98. The third-order valence-electron chi connectivity index (χ3n) is 6.79. The van der Waals surface area contributed by atoms with Gasteiger partial charge in [0.05, 0.1) is 4.90 Å². The number of carbonyl (C=O) groups is 1. The topological polar surface area (TPSA) is 84.9 Å².